The van der Waals surface area contributed by atoms with Gasteiger partial charge in [0.2, 0.25) is 0 Å². The van der Waals surface area contributed by atoms with Crippen molar-refractivity contribution >= 4 is 15.8 Å². The molecular weight excluding hydrogens is 322 g/mol. The van der Waals surface area contributed by atoms with Crippen molar-refractivity contribution in [3.8, 4) is 17.2 Å². The summed E-state index contributed by atoms with van der Waals surface area (Å²) in [7, 11) is -3.69. The minimum Gasteiger partial charge on any atom is -0.457 e. The highest BCUT2D eigenvalue weighted by Crippen LogP contribution is 2.27. The number of hydrogen-bond acceptors (Lipinski definition) is 6. The summed E-state index contributed by atoms with van der Waals surface area (Å²) >= 11 is 0. The van der Waals surface area contributed by atoms with Crippen molar-refractivity contribution in [2.24, 2.45) is 0 Å². The molecule has 7 nitrogen and oxygen atoms in total. The molecular formula is C15H15NO6S. The lowest BCUT2D eigenvalue weighted by molar-refractivity contribution is -0.384. The fraction of sp³-hybridized carbons (Fsp3) is 0.200. The smallest absolute Gasteiger partial charge is 0.311 e. The average molecular weight is 337 g/mol. The lowest BCUT2D eigenvalue weighted by atomic mass is 10.3. The number of nitrogens with zero attached hydrogens (tertiary/aromatic N) is 1. The summed E-state index contributed by atoms with van der Waals surface area (Å²) in [4.78, 5) is 10.1. The molecule has 0 bridgehead atoms. The first-order valence-electron chi connectivity index (χ1n) is 6.73. The summed E-state index contributed by atoms with van der Waals surface area (Å²) in [6.07, 6.45) is 0. The van der Waals surface area contributed by atoms with Crippen molar-refractivity contribution in [2.45, 2.75) is 19.1 Å². The maximum atomic E-state index is 11.7. The van der Waals surface area contributed by atoms with E-state index in [0.29, 0.717) is 11.5 Å². The molecule has 0 unspecified atom stereocenters. The first-order chi connectivity index (χ1) is 10.8. The van der Waals surface area contributed by atoms with Crippen LogP contribution in [0.15, 0.2) is 48.5 Å². The highest BCUT2D eigenvalue weighted by atomic mass is 32.2. The van der Waals surface area contributed by atoms with Crippen LogP contribution < -0.4 is 8.92 Å². The van der Waals surface area contributed by atoms with Crippen molar-refractivity contribution in [1.29, 1.82) is 0 Å². The van der Waals surface area contributed by atoms with Gasteiger partial charge in [-0.25, -0.2) is 0 Å². The number of nitro benzene ring substituents is 1. The van der Waals surface area contributed by atoms with E-state index >= 15 is 0 Å². The predicted molar refractivity (Wildman–Crippen MR) is 84.3 cm³/mol. The molecule has 0 N–H and O–H groups in total. The molecule has 2 aromatic rings. The van der Waals surface area contributed by atoms with Gasteiger partial charge in [0.25, 0.3) is 5.69 Å². The first kappa shape index (κ1) is 16.8. The van der Waals surface area contributed by atoms with E-state index in [-0.39, 0.29) is 11.4 Å². The zero-order chi connectivity index (χ0) is 17.0. The maximum absolute atomic E-state index is 11.7. The summed E-state index contributed by atoms with van der Waals surface area (Å²) in [5.41, 5.74) is -0.0440. The normalized spacial score (nSPS) is 11.3. The Hall–Kier alpha value is -2.61. The van der Waals surface area contributed by atoms with Crippen molar-refractivity contribution in [2.75, 3.05) is 0 Å². The van der Waals surface area contributed by atoms with E-state index in [4.69, 9.17) is 8.92 Å². The Bertz CT molecular complexity index is 799. The van der Waals surface area contributed by atoms with Gasteiger partial charge in [-0.2, -0.15) is 8.42 Å². The van der Waals surface area contributed by atoms with Crippen molar-refractivity contribution in [1.82, 2.24) is 0 Å². The lowest BCUT2D eigenvalue weighted by Gasteiger charge is -2.11. The molecule has 0 aliphatic carbocycles. The molecule has 23 heavy (non-hydrogen) atoms. The van der Waals surface area contributed by atoms with E-state index in [1.54, 1.807) is 12.1 Å². The first-order valence-corrected chi connectivity index (χ1v) is 8.21. The van der Waals surface area contributed by atoms with Crippen molar-refractivity contribution in [3.63, 3.8) is 0 Å². The summed E-state index contributed by atoms with van der Waals surface area (Å²) in [5, 5.41) is 9.93. The number of non-ortho nitro benzene ring substituents is 1. The van der Waals surface area contributed by atoms with E-state index in [9.17, 15) is 18.5 Å². The molecule has 0 aliphatic rings. The monoisotopic (exact) mass is 337 g/mol. The van der Waals surface area contributed by atoms with Gasteiger partial charge in [-0.3, -0.25) is 10.1 Å². The van der Waals surface area contributed by atoms with Gasteiger partial charge in [0.15, 0.2) is 0 Å². The van der Waals surface area contributed by atoms with Gasteiger partial charge in [0, 0.05) is 18.2 Å². The Morgan fingerprint density at radius 2 is 1.61 bits per heavy atom. The van der Waals surface area contributed by atoms with Gasteiger partial charge < -0.3 is 8.92 Å². The molecule has 0 saturated heterocycles. The fourth-order valence-corrected chi connectivity index (χ4v) is 2.16. The minimum absolute atomic E-state index is 0.0440. The average Bonchev–Trinajstić information content (AvgIpc) is 2.47. The zero-order valence-electron chi connectivity index (χ0n) is 12.5. The van der Waals surface area contributed by atoms with Crippen LogP contribution >= 0.6 is 0 Å². The molecule has 0 fully saturated rings. The largest absolute Gasteiger partial charge is 0.457 e. The second-order valence-corrected chi connectivity index (χ2v) is 7.05. The van der Waals surface area contributed by atoms with Crippen LogP contribution in [0, 0.1) is 10.1 Å². The van der Waals surface area contributed by atoms with Gasteiger partial charge in [0.05, 0.1) is 10.2 Å². The third-order valence-electron chi connectivity index (χ3n) is 2.88. The molecule has 0 amide bonds. The van der Waals surface area contributed by atoms with E-state index < -0.39 is 20.3 Å². The predicted octanol–water partition coefficient (Wildman–Crippen LogP) is 3.50. The third kappa shape index (κ3) is 4.43. The van der Waals surface area contributed by atoms with Crippen LogP contribution in [0.1, 0.15) is 13.8 Å². The number of benzene rings is 2. The Kier molecular flexibility index (Phi) is 4.85. The van der Waals surface area contributed by atoms with Crippen LogP contribution in [-0.2, 0) is 10.1 Å². The minimum atomic E-state index is -3.69. The van der Waals surface area contributed by atoms with E-state index in [0.717, 1.165) is 0 Å². The SMILES string of the molecule is CC(C)S(=O)(=O)Oc1cccc(Oc2ccc([N+](=O)[O-])cc2)c1. The highest BCUT2D eigenvalue weighted by molar-refractivity contribution is 7.87. The number of ether oxygens (including phenoxy) is 1. The molecule has 0 radical (unpaired) electrons. The Balaban J connectivity index is 2.15. The fourth-order valence-electron chi connectivity index (χ4n) is 1.59. The Labute approximate surface area is 133 Å². The number of hydrogen-bond donors (Lipinski definition) is 0. The molecule has 0 aromatic heterocycles. The zero-order valence-corrected chi connectivity index (χ0v) is 13.3. The van der Waals surface area contributed by atoms with Crippen LogP contribution in [-0.4, -0.2) is 18.6 Å². The third-order valence-corrected chi connectivity index (χ3v) is 4.46. The van der Waals surface area contributed by atoms with Crippen LogP contribution in [0.5, 0.6) is 17.2 Å². The molecule has 0 atom stereocenters. The summed E-state index contributed by atoms with van der Waals surface area (Å²) in [5.74, 6) is 0.882. The second kappa shape index (κ2) is 6.66. The molecule has 0 spiro atoms. The molecule has 8 heteroatoms. The van der Waals surface area contributed by atoms with Crippen LogP contribution in [0.3, 0.4) is 0 Å². The maximum Gasteiger partial charge on any atom is 0.311 e. The summed E-state index contributed by atoms with van der Waals surface area (Å²) in [6, 6.07) is 11.7. The molecule has 0 heterocycles. The second-order valence-electron chi connectivity index (χ2n) is 4.95. The van der Waals surface area contributed by atoms with Gasteiger partial charge in [0.1, 0.15) is 17.2 Å². The van der Waals surface area contributed by atoms with E-state index in [1.165, 1.54) is 50.2 Å². The standard InChI is InChI=1S/C15H15NO6S/c1-11(2)23(19,20)22-15-5-3-4-14(10-15)21-13-8-6-12(7-9-13)16(17)18/h3-11H,1-2H3. The number of rotatable bonds is 6. The van der Waals surface area contributed by atoms with Crippen molar-refractivity contribution < 1.29 is 22.3 Å². The van der Waals surface area contributed by atoms with Gasteiger partial charge in [-0.15, -0.1) is 0 Å². The van der Waals surface area contributed by atoms with E-state index in [1.807, 2.05) is 0 Å². The highest BCUT2D eigenvalue weighted by Gasteiger charge is 2.18. The Morgan fingerprint density at radius 1 is 1.00 bits per heavy atom. The van der Waals surface area contributed by atoms with Crippen LogP contribution in [0.2, 0.25) is 0 Å². The van der Waals surface area contributed by atoms with E-state index in [2.05, 4.69) is 0 Å². The van der Waals surface area contributed by atoms with Gasteiger partial charge in [-0.1, -0.05) is 6.07 Å². The Morgan fingerprint density at radius 3 is 2.17 bits per heavy atom. The van der Waals surface area contributed by atoms with Crippen LogP contribution in [0.4, 0.5) is 5.69 Å². The molecule has 0 saturated carbocycles. The molecule has 2 rings (SSSR count). The van der Waals surface area contributed by atoms with Crippen LogP contribution in [0.25, 0.3) is 0 Å². The molecule has 2 aromatic carbocycles. The summed E-state index contributed by atoms with van der Waals surface area (Å²) < 4.78 is 34.0. The van der Waals surface area contributed by atoms with Gasteiger partial charge in [-0.05, 0) is 38.1 Å². The lowest BCUT2D eigenvalue weighted by Crippen LogP contribution is -2.19. The summed E-state index contributed by atoms with van der Waals surface area (Å²) in [6.45, 7) is 3.04. The van der Waals surface area contributed by atoms with Crippen molar-refractivity contribution in [3.05, 3.63) is 58.6 Å². The quantitative estimate of drug-likeness (QED) is 0.455. The topological polar surface area (TPSA) is 95.7 Å². The number of nitro groups is 1. The molecule has 122 valence electrons. The van der Waals surface area contributed by atoms with Gasteiger partial charge >= 0.3 is 10.1 Å². The molecule has 0 aliphatic heterocycles.